The van der Waals surface area contributed by atoms with Crippen molar-refractivity contribution in [2.24, 2.45) is 0 Å². The summed E-state index contributed by atoms with van der Waals surface area (Å²) in [5, 5.41) is 0. The third-order valence-corrected chi connectivity index (χ3v) is 1.90. The molecule has 0 N–H and O–H groups in total. The number of rotatable bonds is 3. The van der Waals surface area contributed by atoms with Crippen LogP contribution in [0.1, 0.15) is 50.5 Å². The Bertz CT molecular complexity index is 298. The van der Waals surface area contributed by atoms with E-state index in [4.69, 9.17) is 4.42 Å². The van der Waals surface area contributed by atoms with Gasteiger partial charge in [-0.1, -0.05) is 46.9 Å². The zero-order valence-electron chi connectivity index (χ0n) is 11.0. The highest BCUT2D eigenvalue weighted by Crippen LogP contribution is 2.26. The summed E-state index contributed by atoms with van der Waals surface area (Å²) in [6.07, 6.45) is 5.30. The van der Waals surface area contributed by atoms with Crippen molar-refractivity contribution in [2.75, 3.05) is 7.18 Å². The summed E-state index contributed by atoms with van der Waals surface area (Å²) in [5.41, 5.74) is 2.26. The lowest BCUT2D eigenvalue weighted by atomic mass is 10.0. The van der Waals surface area contributed by atoms with E-state index in [0.717, 1.165) is 11.3 Å². The molecule has 0 amide bonds. The molecule has 0 fully saturated rings. The predicted molar refractivity (Wildman–Crippen MR) is 71.4 cm³/mol. The molecule has 1 aromatic heterocycles. The fraction of sp³-hybridized carbons (Fsp3) is 0.429. The van der Waals surface area contributed by atoms with E-state index in [2.05, 4.69) is 27.0 Å². The van der Waals surface area contributed by atoms with Gasteiger partial charge in [-0.25, -0.2) is 0 Å². The number of hydrogen-bond donors (Lipinski definition) is 0. The summed E-state index contributed by atoms with van der Waals surface area (Å²) in [4.78, 5) is 0. The van der Waals surface area contributed by atoms with Crippen LogP contribution >= 0.6 is 0 Å². The van der Waals surface area contributed by atoms with Gasteiger partial charge in [0.15, 0.2) is 0 Å². The van der Waals surface area contributed by atoms with Crippen molar-refractivity contribution in [1.82, 2.24) is 0 Å². The highest BCUT2D eigenvalue weighted by molar-refractivity contribution is 5.63. The first-order chi connectivity index (χ1) is 7.70. The minimum atomic E-state index is 0.468. The molecule has 0 saturated heterocycles. The normalized spacial score (nSPS) is 8.44. The van der Waals surface area contributed by atoms with Crippen molar-refractivity contribution >= 4 is 12.2 Å². The SMILES string of the molecule is C=Cc1occ(C(C)C)c1C=C.CC.CF. The van der Waals surface area contributed by atoms with Crippen molar-refractivity contribution in [2.45, 2.75) is 33.6 Å². The first-order valence-electron chi connectivity index (χ1n) is 5.44. The summed E-state index contributed by atoms with van der Waals surface area (Å²) in [5.74, 6) is 1.28. The summed E-state index contributed by atoms with van der Waals surface area (Å²) in [6.45, 7) is 15.7. The first-order valence-corrected chi connectivity index (χ1v) is 5.44. The van der Waals surface area contributed by atoms with Gasteiger partial charge in [-0.15, -0.1) is 0 Å². The second-order valence-electron chi connectivity index (χ2n) is 3.03. The van der Waals surface area contributed by atoms with Gasteiger partial charge in [-0.05, 0) is 12.0 Å². The second kappa shape index (κ2) is 10.2. The molecule has 0 unspecified atom stereocenters. The second-order valence-corrected chi connectivity index (χ2v) is 3.03. The van der Waals surface area contributed by atoms with Gasteiger partial charge < -0.3 is 4.42 Å². The lowest BCUT2D eigenvalue weighted by Gasteiger charge is -2.01. The smallest absolute Gasteiger partial charge is 0.133 e. The van der Waals surface area contributed by atoms with Crippen LogP contribution < -0.4 is 0 Å². The zero-order chi connectivity index (χ0) is 13.1. The predicted octanol–water partition coefficient (Wildman–Crippen LogP) is 5.30. The van der Waals surface area contributed by atoms with E-state index in [1.165, 1.54) is 5.56 Å². The van der Waals surface area contributed by atoms with E-state index in [1.807, 2.05) is 19.9 Å². The highest BCUT2D eigenvalue weighted by Gasteiger charge is 2.10. The fourth-order valence-corrected chi connectivity index (χ4v) is 1.22. The maximum Gasteiger partial charge on any atom is 0.133 e. The lowest BCUT2D eigenvalue weighted by molar-refractivity contribution is 0.552. The van der Waals surface area contributed by atoms with Crippen molar-refractivity contribution < 1.29 is 8.81 Å². The van der Waals surface area contributed by atoms with Crippen LogP contribution in [0.15, 0.2) is 23.8 Å². The Balaban J connectivity index is 0. The van der Waals surface area contributed by atoms with E-state index in [-0.39, 0.29) is 0 Å². The molecule has 0 spiro atoms. The van der Waals surface area contributed by atoms with Crippen LogP contribution in [0.5, 0.6) is 0 Å². The topological polar surface area (TPSA) is 13.1 Å². The molecule has 0 aromatic carbocycles. The van der Waals surface area contributed by atoms with Crippen molar-refractivity contribution in [3.05, 3.63) is 36.3 Å². The van der Waals surface area contributed by atoms with Crippen molar-refractivity contribution in [3.63, 3.8) is 0 Å². The molecule has 0 radical (unpaired) electrons. The van der Waals surface area contributed by atoms with Crippen LogP contribution in [0.4, 0.5) is 4.39 Å². The van der Waals surface area contributed by atoms with Crippen molar-refractivity contribution in [1.29, 1.82) is 0 Å². The molecule has 0 aliphatic rings. The van der Waals surface area contributed by atoms with Crippen LogP contribution in [0.3, 0.4) is 0 Å². The first kappa shape index (κ1) is 17.1. The van der Waals surface area contributed by atoms with Crippen LogP contribution in [0, 0.1) is 0 Å². The minimum Gasteiger partial charge on any atom is -0.464 e. The fourth-order valence-electron chi connectivity index (χ4n) is 1.22. The number of alkyl halides is 1. The molecule has 0 atom stereocenters. The molecule has 0 aliphatic carbocycles. The highest BCUT2D eigenvalue weighted by atomic mass is 19.1. The summed E-state index contributed by atoms with van der Waals surface area (Å²) in [6, 6.07) is 0. The maximum absolute atomic E-state index is 9.50. The standard InChI is InChI=1S/C11H14O.C2H6.CH3F/c1-5-9-10(8(3)4)7-12-11(9)6-2;2*1-2/h5-8H,1-2H2,3-4H3;1-2H3;1H3. The van der Waals surface area contributed by atoms with Crippen LogP contribution in [-0.2, 0) is 0 Å². The molecule has 0 saturated carbocycles. The molecule has 16 heavy (non-hydrogen) atoms. The third kappa shape index (κ3) is 4.47. The summed E-state index contributed by atoms with van der Waals surface area (Å²) in [7, 11) is 0.500. The van der Waals surface area contributed by atoms with Crippen LogP contribution in [0.2, 0.25) is 0 Å². The Morgan fingerprint density at radius 2 is 1.69 bits per heavy atom. The van der Waals surface area contributed by atoms with Gasteiger partial charge in [0.25, 0.3) is 0 Å². The number of halogens is 1. The number of furan rings is 1. The summed E-state index contributed by atoms with van der Waals surface area (Å²) >= 11 is 0. The van der Waals surface area contributed by atoms with Gasteiger partial charge in [0.2, 0.25) is 0 Å². The average Bonchev–Trinajstić information content (AvgIpc) is 2.77. The van der Waals surface area contributed by atoms with E-state index in [0.29, 0.717) is 13.1 Å². The number of hydrogen-bond acceptors (Lipinski definition) is 1. The zero-order valence-corrected chi connectivity index (χ0v) is 11.0. The Hall–Kier alpha value is -1.31. The maximum atomic E-state index is 9.50. The Labute approximate surface area is 98.7 Å². The Morgan fingerprint density at radius 1 is 1.19 bits per heavy atom. The Morgan fingerprint density at radius 3 is 2.00 bits per heavy atom. The molecular weight excluding hydrogens is 203 g/mol. The van der Waals surface area contributed by atoms with Gasteiger partial charge in [0.1, 0.15) is 5.76 Å². The monoisotopic (exact) mass is 226 g/mol. The average molecular weight is 226 g/mol. The molecule has 92 valence electrons. The summed E-state index contributed by atoms with van der Waals surface area (Å²) < 4.78 is 14.8. The van der Waals surface area contributed by atoms with Gasteiger partial charge in [-0.3, -0.25) is 4.39 Å². The molecule has 1 aromatic rings. The van der Waals surface area contributed by atoms with E-state index in [1.54, 1.807) is 12.3 Å². The molecule has 1 rings (SSSR count). The van der Waals surface area contributed by atoms with Gasteiger partial charge >= 0.3 is 0 Å². The van der Waals surface area contributed by atoms with Gasteiger partial charge in [0.05, 0.1) is 13.4 Å². The quantitative estimate of drug-likeness (QED) is 0.681. The molecule has 0 aliphatic heterocycles. The Kier molecular flexibility index (Phi) is 10.9. The van der Waals surface area contributed by atoms with E-state index in [9.17, 15) is 4.39 Å². The van der Waals surface area contributed by atoms with Gasteiger partial charge in [-0.2, -0.15) is 0 Å². The molecule has 1 heterocycles. The molecule has 2 heteroatoms. The van der Waals surface area contributed by atoms with Crippen LogP contribution in [-0.4, -0.2) is 7.18 Å². The minimum absolute atomic E-state index is 0.468. The largest absolute Gasteiger partial charge is 0.464 e. The van der Waals surface area contributed by atoms with Crippen LogP contribution in [0.25, 0.3) is 12.2 Å². The molecule has 1 nitrogen and oxygen atoms in total. The third-order valence-electron chi connectivity index (χ3n) is 1.90. The van der Waals surface area contributed by atoms with E-state index >= 15 is 0 Å². The molecular formula is C14H23FO. The van der Waals surface area contributed by atoms with Crippen molar-refractivity contribution in [3.8, 4) is 0 Å². The van der Waals surface area contributed by atoms with Gasteiger partial charge in [0, 0.05) is 11.1 Å². The molecule has 0 bridgehead atoms. The lowest BCUT2D eigenvalue weighted by Crippen LogP contribution is -1.86. The van der Waals surface area contributed by atoms with E-state index < -0.39 is 0 Å².